The molecule has 3 saturated heterocycles. The molecule has 2 bridgehead atoms. The number of carbonyl (C=O) groups is 4. The monoisotopic (exact) mass is 922 g/mol. The van der Waals surface area contributed by atoms with E-state index in [2.05, 4.69) is 73.4 Å². The number of aromatic amines is 1. The second kappa shape index (κ2) is 19.1. The SMILES string of the molecule is COC(=O)C[C@H](C(=O)N1C[C@@H](C)C[C@H]1C1=NC=C(c2ccc(-c3ccc(-c4ccc5nc([C@@H]6CC[C@H](C)N6C(=O)[C@@H](CC(=O)OC)C6CCOCC6)[nH]c5c4)c4c3C3CCC4C3)cc2)C1)C(C)C. The number of aromatic nitrogens is 2. The number of fused-ring (bicyclic) bond motifs is 6. The topological polar surface area (TPSA) is 143 Å². The van der Waals surface area contributed by atoms with Crippen molar-refractivity contribution in [2.75, 3.05) is 34.0 Å². The number of rotatable bonds is 13. The molecule has 2 amide bonds. The van der Waals surface area contributed by atoms with Gasteiger partial charge in [0.1, 0.15) is 5.82 Å². The molecule has 12 nitrogen and oxygen atoms in total. The molecule has 4 aromatic rings. The Morgan fingerprint density at radius 2 is 1.43 bits per heavy atom. The number of ether oxygens (including phenoxy) is 3. The number of amides is 2. The first-order valence-electron chi connectivity index (χ1n) is 25.3. The van der Waals surface area contributed by atoms with Gasteiger partial charge in [-0.15, -0.1) is 0 Å². The number of methoxy groups -OCH3 is 2. The standard InChI is InChI=1S/C56H67N5O7/c1-31(2)43(27-50(62)66-5)55(64)60-30-32(3)23-49(60)47-26-40(29-57-47)34-8-10-35(11-9-34)41-15-16-42(53-39-13-12-38(24-39)52(41)53)37-14-17-45-46(25-37)59-54(58-45)48-18-7-33(4)61(48)56(65)44(28-51(63)67-6)36-19-21-68-22-20-36/h8-11,14-17,25,29,31-33,36,38-39,43-44,48-49H,7,12-13,18-24,26-28,30H2,1-6H3,(H,58,59)/t32-,33-,38?,39?,43-,44-,48-,49-/m0/s1. The fourth-order valence-corrected chi connectivity index (χ4v) is 12.9. The minimum Gasteiger partial charge on any atom is -0.469 e. The van der Waals surface area contributed by atoms with Gasteiger partial charge in [-0.05, 0) is 145 Å². The first-order valence-corrected chi connectivity index (χ1v) is 25.3. The Morgan fingerprint density at radius 1 is 0.765 bits per heavy atom. The van der Waals surface area contributed by atoms with Crippen LogP contribution in [0.25, 0.3) is 38.9 Å². The van der Waals surface area contributed by atoms with Crippen molar-refractivity contribution in [1.82, 2.24) is 19.8 Å². The van der Waals surface area contributed by atoms with Crippen molar-refractivity contribution in [2.24, 2.45) is 34.6 Å². The van der Waals surface area contributed by atoms with E-state index in [4.69, 9.17) is 24.2 Å². The Balaban J connectivity index is 0.869. The summed E-state index contributed by atoms with van der Waals surface area (Å²) in [6, 6.07) is 20.0. The molecule has 1 saturated carbocycles. The number of nitrogens with one attached hydrogen (secondary N) is 1. The molecule has 0 radical (unpaired) electrons. The number of allylic oxidation sites excluding steroid dienone is 1. The van der Waals surface area contributed by atoms with Crippen LogP contribution in [0.1, 0.15) is 139 Å². The van der Waals surface area contributed by atoms with Crippen LogP contribution in [0.5, 0.6) is 0 Å². The highest BCUT2D eigenvalue weighted by molar-refractivity contribution is 6.03. The van der Waals surface area contributed by atoms with Crippen molar-refractivity contribution in [3.8, 4) is 22.3 Å². The van der Waals surface area contributed by atoms with Gasteiger partial charge in [0.25, 0.3) is 0 Å². The smallest absolute Gasteiger partial charge is 0.306 e. The highest BCUT2D eigenvalue weighted by atomic mass is 16.5. The zero-order valence-corrected chi connectivity index (χ0v) is 40.6. The third-order valence-electron chi connectivity index (χ3n) is 16.6. The first-order chi connectivity index (χ1) is 32.9. The zero-order valence-electron chi connectivity index (χ0n) is 40.6. The molecule has 2 aliphatic carbocycles. The van der Waals surface area contributed by atoms with Crippen molar-refractivity contribution < 1.29 is 33.4 Å². The maximum Gasteiger partial charge on any atom is 0.306 e. The molecule has 3 aromatic carbocycles. The van der Waals surface area contributed by atoms with E-state index in [-0.39, 0.29) is 66.6 Å². The lowest BCUT2D eigenvalue weighted by atomic mass is 9.81. The second-order valence-electron chi connectivity index (χ2n) is 21.1. The molecule has 68 heavy (non-hydrogen) atoms. The van der Waals surface area contributed by atoms with E-state index in [0.717, 1.165) is 65.8 Å². The number of aliphatic imine (C=N–C) groups is 1. The van der Waals surface area contributed by atoms with E-state index in [1.807, 2.05) is 29.8 Å². The van der Waals surface area contributed by atoms with Crippen LogP contribution in [-0.4, -0.2) is 95.3 Å². The number of esters is 2. The second-order valence-corrected chi connectivity index (χ2v) is 21.1. The Labute approximate surface area is 400 Å². The average Bonchev–Trinajstić information content (AvgIpc) is 4.23. The van der Waals surface area contributed by atoms with Gasteiger partial charge < -0.3 is 29.0 Å². The van der Waals surface area contributed by atoms with Crippen LogP contribution in [0.4, 0.5) is 0 Å². The summed E-state index contributed by atoms with van der Waals surface area (Å²) in [6.07, 6.45) is 10.5. The van der Waals surface area contributed by atoms with Crippen molar-refractivity contribution in [3.63, 3.8) is 0 Å². The van der Waals surface area contributed by atoms with Gasteiger partial charge in [0.15, 0.2) is 0 Å². The lowest BCUT2D eigenvalue weighted by Crippen LogP contribution is -2.45. The van der Waals surface area contributed by atoms with Crippen LogP contribution in [0.2, 0.25) is 0 Å². The summed E-state index contributed by atoms with van der Waals surface area (Å²) in [5, 5.41) is 0. The summed E-state index contributed by atoms with van der Waals surface area (Å²) >= 11 is 0. The maximum atomic E-state index is 14.5. The lowest BCUT2D eigenvalue weighted by molar-refractivity contribution is -0.151. The number of benzene rings is 3. The average molecular weight is 922 g/mol. The Hall–Kier alpha value is -5.62. The van der Waals surface area contributed by atoms with Crippen LogP contribution in [0, 0.1) is 29.6 Å². The minimum atomic E-state index is -0.446. The predicted octanol–water partition coefficient (Wildman–Crippen LogP) is 10.2. The molecular formula is C56H67N5O7. The van der Waals surface area contributed by atoms with Gasteiger partial charge in [-0.2, -0.15) is 0 Å². The van der Waals surface area contributed by atoms with E-state index in [0.29, 0.717) is 43.9 Å². The number of imidazole rings is 1. The van der Waals surface area contributed by atoms with Crippen LogP contribution >= 0.6 is 0 Å². The molecule has 5 heterocycles. The zero-order chi connectivity index (χ0) is 47.4. The van der Waals surface area contributed by atoms with Gasteiger partial charge in [-0.25, -0.2) is 4.98 Å². The fourth-order valence-electron chi connectivity index (χ4n) is 12.9. The molecule has 0 spiro atoms. The summed E-state index contributed by atoms with van der Waals surface area (Å²) in [5.41, 5.74) is 13.2. The van der Waals surface area contributed by atoms with Gasteiger partial charge in [-0.1, -0.05) is 63.2 Å². The third-order valence-corrected chi connectivity index (χ3v) is 16.6. The maximum absolute atomic E-state index is 14.5. The molecule has 4 fully saturated rings. The quantitative estimate of drug-likeness (QED) is 0.131. The van der Waals surface area contributed by atoms with Crippen molar-refractivity contribution in [3.05, 3.63) is 83.3 Å². The Bertz CT molecular complexity index is 2660. The third kappa shape index (κ3) is 8.60. The van der Waals surface area contributed by atoms with Gasteiger partial charge >= 0.3 is 11.9 Å². The summed E-state index contributed by atoms with van der Waals surface area (Å²) in [5.74, 6) is 0.793. The van der Waals surface area contributed by atoms with Gasteiger partial charge in [0.05, 0.1) is 62.0 Å². The van der Waals surface area contributed by atoms with Crippen LogP contribution in [0.15, 0.2) is 65.8 Å². The summed E-state index contributed by atoms with van der Waals surface area (Å²) in [4.78, 5) is 71.0. The molecular weight excluding hydrogens is 855 g/mol. The van der Waals surface area contributed by atoms with E-state index >= 15 is 0 Å². The number of nitrogens with zero attached hydrogens (tertiary/aromatic N) is 4. The molecule has 6 aliphatic rings. The molecule has 1 N–H and O–H groups in total. The van der Waals surface area contributed by atoms with Gasteiger partial charge in [-0.3, -0.25) is 24.2 Å². The summed E-state index contributed by atoms with van der Waals surface area (Å²) in [6.45, 7) is 10.2. The summed E-state index contributed by atoms with van der Waals surface area (Å²) in [7, 11) is 2.77. The molecule has 1 aromatic heterocycles. The number of H-pyrrole nitrogens is 1. The number of hydrogen-bond donors (Lipinski definition) is 1. The highest BCUT2D eigenvalue weighted by Gasteiger charge is 2.45. The van der Waals surface area contributed by atoms with Crippen molar-refractivity contribution >= 4 is 46.1 Å². The van der Waals surface area contributed by atoms with Crippen molar-refractivity contribution in [2.45, 2.75) is 128 Å². The van der Waals surface area contributed by atoms with Gasteiger partial charge in [0, 0.05) is 44.1 Å². The fraction of sp³-hybridized carbons (Fsp3) is 0.536. The van der Waals surface area contributed by atoms with E-state index < -0.39 is 11.8 Å². The minimum absolute atomic E-state index is 0.0167. The Kier molecular flexibility index (Phi) is 12.9. The van der Waals surface area contributed by atoms with E-state index in [1.54, 1.807) is 0 Å². The molecule has 4 aliphatic heterocycles. The molecule has 8 atom stereocenters. The number of likely N-dealkylation sites (tertiary alicyclic amines) is 2. The Morgan fingerprint density at radius 3 is 2.12 bits per heavy atom. The van der Waals surface area contributed by atoms with E-state index in [9.17, 15) is 19.2 Å². The van der Waals surface area contributed by atoms with Crippen LogP contribution < -0.4 is 0 Å². The highest BCUT2D eigenvalue weighted by Crippen LogP contribution is 2.58. The number of hydrogen-bond acceptors (Lipinski definition) is 9. The largest absolute Gasteiger partial charge is 0.469 e. The first kappa shape index (κ1) is 46.1. The van der Waals surface area contributed by atoms with E-state index in [1.165, 1.54) is 66.9 Å². The van der Waals surface area contributed by atoms with Gasteiger partial charge in [0.2, 0.25) is 11.8 Å². The summed E-state index contributed by atoms with van der Waals surface area (Å²) < 4.78 is 15.6. The van der Waals surface area contributed by atoms with Crippen LogP contribution in [0.3, 0.4) is 0 Å². The predicted molar refractivity (Wildman–Crippen MR) is 263 cm³/mol. The molecule has 2 unspecified atom stereocenters. The molecule has 10 rings (SSSR count). The van der Waals surface area contributed by atoms with Crippen molar-refractivity contribution in [1.29, 1.82) is 0 Å². The van der Waals surface area contributed by atoms with Crippen LogP contribution in [-0.2, 0) is 33.4 Å². The molecule has 358 valence electrons. The normalized spacial score (nSPS) is 25.5. The molecule has 12 heteroatoms. The number of carbonyl (C=O) groups excluding carboxylic acids is 4. The lowest BCUT2D eigenvalue weighted by Gasteiger charge is -2.35.